The molecule has 2 atom stereocenters. The van der Waals surface area contributed by atoms with E-state index < -0.39 is 29.7 Å². The summed E-state index contributed by atoms with van der Waals surface area (Å²) in [6, 6.07) is 8.32. The first-order valence-electron chi connectivity index (χ1n) is 9.32. The van der Waals surface area contributed by atoms with Crippen LogP contribution in [0.4, 0.5) is 4.79 Å². The van der Waals surface area contributed by atoms with E-state index in [1.165, 1.54) is 12.0 Å². The molecule has 0 fully saturated rings. The molecule has 0 saturated heterocycles. The number of hydrogen-bond donors (Lipinski definition) is 2. The second kappa shape index (κ2) is 8.62. The van der Waals surface area contributed by atoms with Crippen molar-refractivity contribution in [2.24, 2.45) is 0 Å². The molecule has 1 aromatic carbocycles. The zero-order valence-electron chi connectivity index (χ0n) is 17.0. The second-order valence-electron chi connectivity index (χ2n) is 7.74. The smallest absolute Gasteiger partial charge is 0.411 e. The lowest BCUT2D eigenvalue weighted by Gasteiger charge is -2.38. The minimum absolute atomic E-state index is 0.149. The molecule has 0 bridgehead atoms. The maximum absolute atomic E-state index is 12.8. The fraction of sp³-hybridized carbons (Fsp3) is 0.450. The number of H-pyrrole nitrogens is 1. The van der Waals surface area contributed by atoms with Crippen molar-refractivity contribution < 1.29 is 23.9 Å². The Kier molecular flexibility index (Phi) is 6.19. The first-order chi connectivity index (χ1) is 13.8. The van der Waals surface area contributed by atoms with Crippen LogP contribution in [0.5, 0.6) is 0 Å². The third-order valence-electron chi connectivity index (χ3n) is 4.40. The van der Waals surface area contributed by atoms with Gasteiger partial charge in [-0.25, -0.2) is 9.59 Å². The molecule has 0 radical (unpaired) electrons. The van der Waals surface area contributed by atoms with Crippen molar-refractivity contribution in [2.45, 2.75) is 45.1 Å². The topological polar surface area (TPSA) is 106 Å². The van der Waals surface area contributed by atoms with Crippen molar-refractivity contribution in [3.63, 3.8) is 0 Å². The van der Waals surface area contributed by atoms with Crippen LogP contribution in [0.1, 0.15) is 49.7 Å². The summed E-state index contributed by atoms with van der Waals surface area (Å²) in [4.78, 5) is 32.2. The predicted molar refractivity (Wildman–Crippen MR) is 103 cm³/mol. The molecule has 1 aliphatic rings. The number of carbonyl (C=O) groups is 2. The van der Waals surface area contributed by atoms with Gasteiger partial charge in [0.1, 0.15) is 5.60 Å². The predicted octanol–water partition coefficient (Wildman–Crippen LogP) is 2.64. The maximum Gasteiger partial charge on any atom is 0.411 e. The van der Waals surface area contributed by atoms with Crippen LogP contribution in [0, 0.1) is 0 Å². The van der Waals surface area contributed by atoms with Crippen molar-refractivity contribution in [2.75, 3.05) is 13.7 Å². The van der Waals surface area contributed by atoms with Gasteiger partial charge >= 0.3 is 12.1 Å². The number of nitrogens with one attached hydrogen (secondary N) is 2. The number of methoxy groups -OCH3 is 1. The average Bonchev–Trinajstić information content (AvgIpc) is 3.16. The van der Waals surface area contributed by atoms with E-state index in [2.05, 4.69) is 15.7 Å². The average molecular weight is 402 g/mol. The van der Waals surface area contributed by atoms with E-state index in [-0.39, 0.29) is 6.54 Å². The van der Waals surface area contributed by atoms with Crippen LogP contribution in [0.25, 0.3) is 0 Å². The fourth-order valence-corrected chi connectivity index (χ4v) is 3.12. The van der Waals surface area contributed by atoms with Gasteiger partial charge in [0.05, 0.1) is 31.6 Å². The highest BCUT2D eigenvalue weighted by atomic mass is 16.6. The number of hydroxylamine groups is 1. The molecule has 156 valence electrons. The lowest BCUT2D eigenvalue weighted by molar-refractivity contribution is -0.148. The molecule has 2 unspecified atom stereocenters. The van der Waals surface area contributed by atoms with Crippen molar-refractivity contribution in [3.8, 4) is 0 Å². The van der Waals surface area contributed by atoms with E-state index in [0.29, 0.717) is 12.3 Å². The highest BCUT2D eigenvalue weighted by Crippen LogP contribution is 2.35. The van der Waals surface area contributed by atoms with Crippen LogP contribution in [0.15, 0.2) is 36.5 Å². The molecule has 0 saturated carbocycles. The number of aromatic amines is 1. The SMILES string of the molecule is COC(=O)C1c2[nH]ncc2C(NOCc2ccccc2)CN1C(=O)OC(C)(C)C. The van der Waals surface area contributed by atoms with E-state index in [9.17, 15) is 9.59 Å². The first-order valence-corrected chi connectivity index (χ1v) is 9.32. The molecule has 9 heteroatoms. The van der Waals surface area contributed by atoms with E-state index in [4.69, 9.17) is 14.3 Å². The summed E-state index contributed by atoms with van der Waals surface area (Å²) >= 11 is 0. The molecule has 0 aliphatic carbocycles. The molecule has 2 N–H and O–H groups in total. The van der Waals surface area contributed by atoms with Crippen LogP contribution in [-0.2, 0) is 25.7 Å². The molecule has 1 aliphatic heterocycles. The zero-order valence-corrected chi connectivity index (χ0v) is 17.0. The van der Waals surface area contributed by atoms with Crippen LogP contribution < -0.4 is 5.48 Å². The van der Waals surface area contributed by atoms with E-state index in [1.807, 2.05) is 30.3 Å². The monoisotopic (exact) mass is 402 g/mol. The van der Waals surface area contributed by atoms with Gasteiger partial charge in [0.25, 0.3) is 0 Å². The van der Waals surface area contributed by atoms with Gasteiger partial charge < -0.3 is 9.47 Å². The number of rotatable bonds is 5. The Balaban J connectivity index is 1.80. The summed E-state index contributed by atoms with van der Waals surface area (Å²) in [6.07, 6.45) is 0.990. The van der Waals surface area contributed by atoms with Gasteiger partial charge in [0.15, 0.2) is 6.04 Å². The van der Waals surface area contributed by atoms with E-state index in [0.717, 1.165) is 11.1 Å². The molecular formula is C20H26N4O5. The largest absolute Gasteiger partial charge is 0.467 e. The third kappa shape index (κ3) is 4.93. The third-order valence-corrected chi connectivity index (χ3v) is 4.40. The van der Waals surface area contributed by atoms with Crippen molar-refractivity contribution in [1.82, 2.24) is 20.6 Å². The van der Waals surface area contributed by atoms with E-state index in [1.54, 1.807) is 27.0 Å². The molecule has 2 heterocycles. The quantitative estimate of drug-likeness (QED) is 0.585. The summed E-state index contributed by atoms with van der Waals surface area (Å²) in [5, 5.41) is 6.86. The summed E-state index contributed by atoms with van der Waals surface area (Å²) in [5.74, 6) is -0.579. The zero-order chi connectivity index (χ0) is 21.0. The van der Waals surface area contributed by atoms with Crippen LogP contribution >= 0.6 is 0 Å². The molecule has 1 aromatic heterocycles. The highest BCUT2D eigenvalue weighted by molar-refractivity contribution is 5.83. The second-order valence-corrected chi connectivity index (χ2v) is 7.74. The van der Waals surface area contributed by atoms with Gasteiger partial charge in [-0.05, 0) is 26.3 Å². The Morgan fingerprint density at radius 1 is 1.28 bits per heavy atom. The van der Waals surface area contributed by atoms with Crippen LogP contribution in [-0.4, -0.2) is 46.4 Å². The standard InChI is InChI=1S/C20H26N4O5/c1-20(2,3)29-19(26)24-11-15(23-28-12-13-8-6-5-7-9-13)14-10-21-22-16(14)17(24)18(25)27-4/h5-10,15,17,23H,11-12H2,1-4H3,(H,21,22). The number of esters is 1. The Hall–Kier alpha value is -2.91. The number of ether oxygens (including phenoxy) is 2. The number of aromatic nitrogens is 2. The summed E-state index contributed by atoms with van der Waals surface area (Å²) in [7, 11) is 1.28. The number of nitrogens with zero attached hydrogens (tertiary/aromatic N) is 2. The lowest BCUT2D eigenvalue weighted by Crippen LogP contribution is -2.49. The summed E-state index contributed by atoms with van der Waals surface area (Å²) in [6.45, 7) is 5.79. The van der Waals surface area contributed by atoms with Gasteiger partial charge in [-0.1, -0.05) is 30.3 Å². The number of carbonyl (C=O) groups excluding carboxylic acids is 2. The molecule has 29 heavy (non-hydrogen) atoms. The Morgan fingerprint density at radius 2 is 2.00 bits per heavy atom. The minimum Gasteiger partial charge on any atom is -0.467 e. The molecular weight excluding hydrogens is 376 g/mol. The van der Waals surface area contributed by atoms with Crippen molar-refractivity contribution >= 4 is 12.1 Å². The molecule has 2 aromatic rings. The van der Waals surface area contributed by atoms with Crippen LogP contribution in [0.2, 0.25) is 0 Å². The molecule has 1 amide bonds. The lowest BCUT2D eigenvalue weighted by atomic mass is 9.96. The molecule has 3 rings (SSSR count). The van der Waals surface area contributed by atoms with Crippen molar-refractivity contribution in [3.05, 3.63) is 53.3 Å². The number of hydrogen-bond acceptors (Lipinski definition) is 7. The Bertz CT molecular complexity index is 846. The van der Waals surface area contributed by atoms with Gasteiger partial charge in [-0.2, -0.15) is 10.6 Å². The van der Waals surface area contributed by atoms with Gasteiger partial charge in [0.2, 0.25) is 0 Å². The Labute approximate surface area is 169 Å². The van der Waals surface area contributed by atoms with Gasteiger partial charge in [0, 0.05) is 12.1 Å². The van der Waals surface area contributed by atoms with Gasteiger partial charge in [-0.3, -0.25) is 14.8 Å². The van der Waals surface area contributed by atoms with Crippen LogP contribution in [0.3, 0.4) is 0 Å². The fourth-order valence-electron chi connectivity index (χ4n) is 3.12. The molecule has 9 nitrogen and oxygen atoms in total. The molecule has 0 spiro atoms. The van der Waals surface area contributed by atoms with E-state index >= 15 is 0 Å². The number of benzene rings is 1. The summed E-state index contributed by atoms with van der Waals surface area (Å²) < 4.78 is 10.4. The highest BCUT2D eigenvalue weighted by Gasteiger charge is 2.43. The first kappa shape index (κ1) is 20.8. The number of fused-ring (bicyclic) bond motifs is 1. The minimum atomic E-state index is -0.973. The Morgan fingerprint density at radius 3 is 2.66 bits per heavy atom. The van der Waals surface area contributed by atoms with Crippen molar-refractivity contribution in [1.29, 1.82) is 0 Å². The maximum atomic E-state index is 12.8. The number of amides is 1. The normalized spacial score (nSPS) is 18.8. The van der Waals surface area contributed by atoms with Gasteiger partial charge in [-0.15, -0.1) is 0 Å². The summed E-state index contributed by atoms with van der Waals surface area (Å²) in [5.41, 5.74) is 4.46.